The lowest BCUT2D eigenvalue weighted by Gasteiger charge is -2.12. The van der Waals surface area contributed by atoms with Crippen molar-refractivity contribution in [3.8, 4) is 28.4 Å². The van der Waals surface area contributed by atoms with E-state index in [4.69, 9.17) is 10.5 Å². The Labute approximate surface area is 123 Å². The summed E-state index contributed by atoms with van der Waals surface area (Å²) in [6.07, 6.45) is 0. The SMILES string of the molecule is Nc1ccc(-c2ccccc2)c(Oc2ccc(O)cc2)c1. The van der Waals surface area contributed by atoms with E-state index in [1.165, 1.54) is 0 Å². The summed E-state index contributed by atoms with van der Waals surface area (Å²) < 4.78 is 5.91. The van der Waals surface area contributed by atoms with E-state index >= 15 is 0 Å². The maximum Gasteiger partial charge on any atom is 0.137 e. The highest BCUT2D eigenvalue weighted by molar-refractivity contribution is 5.73. The van der Waals surface area contributed by atoms with Crippen molar-refractivity contribution in [3.63, 3.8) is 0 Å². The van der Waals surface area contributed by atoms with Crippen LogP contribution in [0.3, 0.4) is 0 Å². The summed E-state index contributed by atoms with van der Waals surface area (Å²) in [7, 11) is 0. The van der Waals surface area contributed by atoms with E-state index in [-0.39, 0.29) is 5.75 Å². The highest BCUT2D eigenvalue weighted by atomic mass is 16.5. The van der Waals surface area contributed by atoms with Crippen LogP contribution in [0.15, 0.2) is 72.8 Å². The molecule has 3 aromatic rings. The number of nitrogens with two attached hydrogens (primary N) is 1. The fourth-order valence-corrected chi connectivity index (χ4v) is 2.12. The lowest BCUT2D eigenvalue weighted by molar-refractivity contribution is 0.465. The van der Waals surface area contributed by atoms with Crippen molar-refractivity contribution in [3.05, 3.63) is 72.8 Å². The number of nitrogen functional groups attached to an aromatic ring is 1. The van der Waals surface area contributed by atoms with Crippen LogP contribution in [0.25, 0.3) is 11.1 Å². The summed E-state index contributed by atoms with van der Waals surface area (Å²) in [6, 6.07) is 22.2. The van der Waals surface area contributed by atoms with Crippen molar-refractivity contribution in [1.82, 2.24) is 0 Å². The minimum atomic E-state index is 0.207. The summed E-state index contributed by atoms with van der Waals surface area (Å²) in [6.45, 7) is 0. The fourth-order valence-electron chi connectivity index (χ4n) is 2.12. The lowest BCUT2D eigenvalue weighted by atomic mass is 10.0. The van der Waals surface area contributed by atoms with Crippen LogP contribution in [-0.2, 0) is 0 Å². The molecule has 104 valence electrons. The molecule has 0 amide bonds. The number of hydrogen-bond acceptors (Lipinski definition) is 3. The summed E-state index contributed by atoms with van der Waals surface area (Å²) in [4.78, 5) is 0. The Morgan fingerprint density at radius 3 is 2.24 bits per heavy atom. The van der Waals surface area contributed by atoms with Gasteiger partial charge in [-0.2, -0.15) is 0 Å². The van der Waals surface area contributed by atoms with Crippen LogP contribution in [0.2, 0.25) is 0 Å². The number of benzene rings is 3. The van der Waals surface area contributed by atoms with Crippen molar-refractivity contribution in [2.24, 2.45) is 0 Å². The van der Waals surface area contributed by atoms with Gasteiger partial charge in [0, 0.05) is 17.3 Å². The molecule has 0 radical (unpaired) electrons. The summed E-state index contributed by atoms with van der Waals surface area (Å²) in [5, 5.41) is 9.32. The van der Waals surface area contributed by atoms with Crippen LogP contribution in [-0.4, -0.2) is 5.11 Å². The molecule has 3 rings (SSSR count). The molecular formula is C18H15NO2. The molecule has 3 aromatic carbocycles. The van der Waals surface area contributed by atoms with Crippen LogP contribution in [0.1, 0.15) is 0 Å². The van der Waals surface area contributed by atoms with Gasteiger partial charge in [0.05, 0.1) is 0 Å². The van der Waals surface area contributed by atoms with Crippen LogP contribution in [0.4, 0.5) is 5.69 Å². The molecule has 3 heteroatoms. The van der Waals surface area contributed by atoms with Crippen LogP contribution < -0.4 is 10.5 Å². The topological polar surface area (TPSA) is 55.5 Å². The Hall–Kier alpha value is -2.94. The Bertz CT molecular complexity index is 737. The molecule has 0 fully saturated rings. The van der Waals surface area contributed by atoms with E-state index in [0.29, 0.717) is 17.2 Å². The standard InChI is InChI=1S/C18H15NO2/c19-14-6-11-17(13-4-2-1-3-5-13)18(12-14)21-16-9-7-15(20)8-10-16/h1-12,20H,19H2. The van der Waals surface area contributed by atoms with Crippen molar-refractivity contribution in [2.45, 2.75) is 0 Å². The van der Waals surface area contributed by atoms with Gasteiger partial charge in [-0.25, -0.2) is 0 Å². The first-order valence-electron chi connectivity index (χ1n) is 6.64. The largest absolute Gasteiger partial charge is 0.508 e. The molecule has 3 N–H and O–H groups in total. The lowest BCUT2D eigenvalue weighted by Crippen LogP contribution is -1.91. The Kier molecular flexibility index (Phi) is 3.48. The maximum absolute atomic E-state index is 9.32. The van der Waals surface area contributed by atoms with Crippen molar-refractivity contribution in [1.29, 1.82) is 0 Å². The second kappa shape index (κ2) is 5.59. The average Bonchev–Trinajstić information content (AvgIpc) is 2.51. The van der Waals surface area contributed by atoms with E-state index < -0.39 is 0 Å². The maximum atomic E-state index is 9.32. The van der Waals surface area contributed by atoms with Gasteiger partial charge >= 0.3 is 0 Å². The van der Waals surface area contributed by atoms with E-state index in [9.17, 15) is 5.11 Å². The molecule has 0 saturated heterocycles. The van der Waals surface area contributed by atoms with Gasteiger partial charge in [-0.3, -0.25) is 0 Å². The molecule has 0 aliphatic rings. The number of phenols is 1. The number of rotatable bonds is 3. The predicted molar refractivity (Wildman–Crippen MR) is 84.5 cm³/mol. The Morgan fingerprint density at radius 1 is 0.810 bits per heavy atom. The quantitative estimate of drug-likeness (QED) is 0.696. The highest BCUT2D eigenvalue weighted by Crippen LogP contribution is 2.35. The van der Waals surface area contributed by atoms with Crippen molar-refractivity contribution in [2.75, 3.05) is 5.73 Å². The van der Waals surface area contributed by atoms with E-state index in [1.54, 1.807) is 30.3 Å². The summed E-state index contributed by atoms with van der Waals surface area (Å²) in [5.41, 5.74) is 8.54. The van der Waals surface area contributed by atoms with Crippen LogP contribution in [0.5, 0.6) is 17.2 Å². The average molecular weight is 277 g/mol. The molecule has 0 aliphatic heterocycles. The first-order valence-corrected chi connectivity index (χ1v) is 6.64. The van der Waals surface area contributed by atoms with Crippen molar-refractivity contribution >= 4 is 5.69 Å². The second-order valence-electron chi connectivity index (χ2n) is 4.72. The summed E-state index contributed by atoms with van der Waals surface area (Å²) in [5.74, 6) is 1.54. The third kappa shape index (κ3) is 2.98. The van der Waals surface area contributed by atoms with Gasteiger partial charge in [-0.1, -0.05) is 30.3 Å². The second-order valence-corrected chi connectivity index (χ2v) is 4.72. The van der Waals surface area contributed by atoms with Gasteiger partial charge in [0.2, 0.25) is 0 Å². The molecule has 3 nitrogen and oxygen atoms in total. The number of ether oxygens (including phenoxy) is 1. The summed E-state index contributed by atoms with van der Waals surface area (Å²) >= 11 is 0. The molecule has 0 saturated carbocycles. The number of hydrogen-bond donors (Lipinski definition) is 2. The fraction of sp³-hybridized carbons (Fsp3) is 0. The zero-order valence-corrected chi connectivity index (χ0v) is 11.4. The van der Waals surface area contributed by atoms with Gasteiger partial charge < -0.3 is 15.6 Å². The third-order valence-electron chi connectivity index (χ3n) is 3.15. The molecule has 0 atom stereocenters. The minimum absolute atomic E-state index is 0.207. The smallest absolute Gasteiger partial charge is 0.137 e. The zero-order chi connectivity index (χ0) is 14.7. The van der Waals surface area contributed by atoms with Gasteiger partial charge in [-0.15, -0.1) is 0 Å². The predicted octanol–water partition coefficient (Wildman–Crippen LogP) is 4.43. The molecule has 0 spiro atoms. The number of phenolic OH excluding ortho intramolecular Hbond substituents is 1. The first-order chi connectivity index (χ1) is 10.2. The molecule has 0 bridgehead atoms. The van der Waals surface area contributed by atoms with Gasteiger partial charge in [0.15, 0.2) is 0 Å². The van der Waals surface area contributed by atoms with Crippen LogP contribution >= 0.6 is 0 Å². The van der Waals surface area contributed by atoms with Crippen LogP contribution in [0, 0.1) is 0 Å². The molecular weight excluding hydrogens is 262 g/mol. The minimum Gasteiger partial charge on any atom is -0.508 e. The first kappa shape index (κ1) is 13.1. The molecule has 0 aromatic heterocycles. The molecule has 0 unspecified atom stereocenters. The Morgan fingerprint density at radius 2 is 1.52 bits per heavy atom. The Balaban J connectivity index is 2.01. The van der Waals surface area contributed by atoms with E-state index in [2.05, 4.69) is 0 Å². The van der Waals surface area contributed by atoms with E-state index in [0.717, 1.165) is 11.1 Å². The molecule has 21 heavy (non-hydrogen) atoms. The third-order valence-corrected chi connectivity index (χ3v) is 3.15. The molecule has 0 aliphatic carbocycles. The zero-order valence-electron chi connectivity index (χ0n) is 11.4. The van der Waals surface area contributed by atoms with Gasteiger partial charge in [0.1, 0.15) is 17.2 Å². The normalized spacial score (nSPS) is 10.3. The van der Waals surface area contributed by atoms with Gasteiger partial charge in [0.25, 0.3) is 0 Å². The highest BCUT2D eigenvalue weighted by Gasteiger charge is 2.08. The number of anilines is 1. The van der Waals surface area contributed by atoms with Gasteiger partial charge in [-0.05, 0) is 42.0 Å². The monoisotopic (exact) mass is 277 g/mol. The van der Waals surface area contributed by atoms with E-state index in [1.807, 2.05) is 42.5 Å². The molecule has 0 heterocycles. The van der Waals surface area contributed by atoms with Crippen molar-refractivity contribution < 1.29 is 9.84 Å². The number of aromatic hydroxyl groups is 1.